The molecule has 1 atom stereocenters. The van der Waals surface area contributed by atoms with E-state index in [4.69, 9.17) is 9.94 Å². The lowest BCUT2D eigenvalue weighted by molar-refractivity contribution is -0.140. The van der Waals surface area contributed by atoms with Crippen molar-refractivity contribution < 1.29 is 33.4 Å². The summed E-state index contributed by atoms with van der Waals surface area (Å²) in [5.41, 5.74) is 3.50. The summed E-state index contributed by atoms with van der Waals surface area (Å²) in [7, 11) is 0.276. The van der Waals surface area contributed by atoms with Crippen LogP contribution in [0.3, 0.4) is 0 Å². The van der Waals surface area contributed by atoms with Crippen molar-refractivity contribution in [2.45, 2.75) is 12.5 Å². The van der Waals surface area contributed by atoms with E-state index in [2.05, 4.69) is 10.2 Å². The first-order valence-corrected chi connectivity index (χ1v) is 13.8. The van der Waals surface area contributed by atoms with Gasteiger partial charge in [-0.25, -0.2) is 5.48 Å². The van der Waals surface area contributed by atoms with Crippen molar-refractivity contribution in [3.05, 3.63) is 54.1 Å². The number of nitrogens with zero attached hydrogens (tertiary/aromatic N) is 2. The van der Waals surface area contributed by atoms with Gasteiger partial charge < -0.3 is 19.9 Å². The van der Waals surface area contributed by atoms with Gasteiger partial charge in [0.2, 0.25) is 0 Å². The quantitative estimate of drug-likeness (QED) is 0.134. The number of carbonyl (C=O) groups is 3. The lowest BCUT2D eigenvalue weighted by atomic mass is 10.0. The van der Waals surface area contributed by atoms with E-state index < -0.39 is 34.4 Å². The fourth-order valence-electron chi connectivity index (χ4n) is 4.00. The summed E-state index contributed by atoms with van der Waals surface area (Å²) in [5, 5.41) is 11.2. The van der Waals surface area contributed by atoms with E-state index in [0.29, 0.717) is 31.2 Å². The van der Waals surface area contributed by atoms with Crippen LogP contribution in [0.2, 0.25) is 0 Å². The standard InChI is InChI=1S/C25H34N4O7S/c1-26-23(30)22(24(31)27-33)28(2)25(32)20-6-4-18(5-7-20)19-8-10-21(11-9-19)36-15-3-12-29-13-16-37(34,35)17-14-29/h4-11,22,33-35H,3,12-17H2,1-2H3,(H,26,30)(H,27,31). The highest BCUT2D eigenvalue weighted by Gasteiger charge is 2.33. The molecule has 0 radical (unpaired) electrons. The molecule has 1 saturated heterocycles. The summed E-state index contributed by atoms with van der Waals surface area (Å²) in [6.07, 6.45) is 0.839. The Balaban J connectivity index is 1.52. The minimum absolute atomic E-state index is 0.282. The van der Waals surface area contributed by atoms with Crippen molar-refractivity contribution in [1.29, 1.82) is 0 Å². The fraction of sp³-hybridized carbons (Fsp3) is 0.400. The minimum atomic E-state index is -2.37. The van der Waals surface area contributed by atoms with Crippen LogP contribution in [0.5, 0.6) is 5.75 Å². The molecule has 1 unspecified atom stereocenters. The highest BCUT2D eigenvalue weighted by molar-refractivity contribution is 8.24. The highest BCUT2D eigenvalue weighted by Crippen LogP contribution is 2.40. The Morgan fingerprint density at radius 2 is 1.57 bits per heavy atom. The maximum Gasteiger partial charge on any atom is 0.275 e. The fourth-order valence-corrected chi connectivity index (χ4v) is 5.31. The van der Waals surface area contributed by atoms with Gasteiger partial charge in [-0.15, -0.1) is 0 Å². The number of amides is 3. The van der Waals surface area contributed by atoms with Crippen LogP contribution in [0, 0.1) is 0 Å². The molecule has 0 saturated carbocycles. The summed E-state index contributed by atoms with van der Waals surface area (Å²) in [4.78, 5) is 39.9. The summed E-state index contributed by atoms with van der Waals surface area (Å²) >= 11 is 0. The van der Waals surface area contributed by atoms with Crippen LogP contribution in [0.1, 0.15) is 16.8 Å². The molecule has 0 spiro atoms. The van der Waals surface area contributed by atoms with Gasteiger partial charge in [0.1, 0.15) is 5.75 Å². The third-order valence-electron chi connectivity index (χ3n) is 6.24. The van der Waals surface area contributed by atoms with Crippen molar-refractivity contribution in [2.75, 3.05) is 51.8 Å². The van der Waals surface area contributed by atoms with Crippen molar-refractivity contribution in [3.8, 4) is 16.9 Å². The second-order valence-corrected chi connectivity index (χ2v) is 11.2. The lowest BCUT2D eigenvalue weighted by Gasteiger charge is -2.40. The second kappa shape index (κ2) is 12.9. The molecule has 1 heterocycles. The number of nitrogens with one attached hydrogen (secondary N) is 2. The maximum atomic E-state index is 12.8. The molecular formula is C25H34N4O7S. The third kappa shape index (κ3) is 7.66. The smallest absolute Gasteiger partial charge is 0.275 e. The molecule has 11 nitrogen and oxygen atoms in total. The maximum absolute atomic E-state index is 12.8. The molecule has 0 aliphatic carbocycles. The summed E-state index contributed by atoms with van der Waals surface area (Å²) in [5.74, 6) is -0.663. The molecule has 2 aromatic rings. The molecular weight excluding hydrogens is 500 g/mol. The zero-order chi connectivity index (χ0) is 27.0. The van der Waals surface area contributed by atoms with Crippen molar-refractivity contribution >= 4 is 28.3 Å². The first-order chi connectivity index (χ1) is 17.6. The number of hydrogen-bond acceptors (Lipinski definition) is 8. The van der Waals surface area contributed by atoms with E-state index in [9.17, 15) is 23.5 Å². The predicted octanol–water partition coefficient (Wildman–Crippen LogP) is 1.88. The molecule has 5 N–H and O–H groups in total. The van der Waals surface area contributed by atoms with E-state index in [-0.39, 0.29) is 5.56 Å². The van der Waals surface area contributed by atoms with Gasteiger partial charge >= 0.3 is 0 Å². The number of hydroxylamine groups is 1. The number of rotatable bonds is 10. The normalized spacial score (nSPS) is 16.8. The Kier molecular flexibility index (Phi) is 9.89. The van der Waals surface area contributed by atoms with Gasteiger partial charge in [-0.1, -0.05) is 24.3 Å². The largest absolute Gasteiger partial charge is 0.494 e. The van der Waals surface area contributed by atoms with Gasteiger partial charge in [0.05, 0.1) is 18.1 Å². The molecule has 12 heteroatoms. The Hall–Kier alpha value is -3.16. The zero-order valence-corrected chi connectivity index (χ0v) is 21.7. The molecule has 202 valence electrons. The van der Waals surface area contributed by atoms with Crippen LogP contribution >= 0.6 is 10.6 Å². The highest BCUT2D eigenvalue weighted by atomic mass is 32.3. The van der Waals surface area contributed by atoms with Crippen LogP contribution in [-0.4, -0.2) is 99.7 Å². The average Bonchev–Trinajstić information content (AvgIpc) is 2.91. The second-order valence-electron chi connectivity index (χ2n) is 8.76. The molecule has 37 heavy (non-hydrogen) atoms. The monoisotopic (exact) mass is 534 g/mol. The van der Waals surface area contributed by atoms with Crippen LogP contribution in [0.25, 0.3) is 11.1 Å². The SMILES string of the molecule is CNC(=O)C(C(=O)NO)N(C)C(=O)c1ccc(-c2ccc(OCCCN3CCS(O)(O)CC3)cc2)cc1. The van der Waals surface area contributed by atoms with Gasteiger partial charge in [-0.3, -0.25) is 28.7 Å². The Morgan fingerprint density at radius 1 is 1.00 bits per heavy atom. The predicted molar refractivity (Wildman–Crippen MR) is 141 cm³/mol. The minimum Gasteiger partial charge on any atom is -0.494 e. The molecule has 0 bridgehead atoms. The zero-order valence-electron chi connectivity index (χ0n) is 20.9. The number of carbonyl (C=O) groups excluding carboxylic acids is 3. The Bertz CT molecular complexity index is 1050. The van der Waals surface area contributed by atoms with Crippen molar-refractivity contribution in [3.63, 3.8) is 0 Å². The molecule has 0 aromatic heterocycles. The molecule has 1 aliphatic heterocycles. The van der Waals surface area contributed by atoms with Crippen molar-refractivity contribution in [2.24, 2.45) is 0 Å². The van der Waals surface area contributed by atoms with Gasteiger partial charge in [0.15, 0.2) is 6.04 Å². The Labute approximate surface area is 217 Å². The molecule has 2 aromatic carbocycles. The number of hydrogen-bond donors (Lipinski definition) is 5. The van der Waals surface area contributed by atoms with E-state index >= 15 is 0 Å². The van der Waals surface area contributed by atoms with Crippen LogP contribution in [0.15, 0.2) is 48.5 Å². The van der Waals surface area contributed by atoms with Gasteiger partial charge in [-0.05, 0) is 41.8 Å². The van der Waals surface area contributed by atoms with Crippen LogP contribution in [-0.2, 0) is 9.59 Å². The van der Waals surface area contributed by atoms with Crippen molar-refractivity contribution in [1.82, 2.24) is 20.6 Å². The Morgan fingerprint density at radius 3 is 2.11 bits per heavy atom. The van der Waals surface area contributed by atoms with Crippen LogP contribution in [0.4, 0.5) is 0 Å². The number of ether oxygens (including phenoxy) is 1. The molecule has 1 fully saturated rings. The number of likely N-dealkylation sites (N-methyl/N-ethyl adjacent to an activating group) is 2. The van der Waals surface area contributed by atoms with E-state index in [1.54, 1.807) is 24.3 Å². The first kappa shape index (κ1) is 28.4. The first-order valence-electron chi connectivity index (χ1n) is 11.9. The summed E-state index contributed by atoms with van der Waals surface area (Å²) in [6, 6.07) is 12.8. The van der Waals surface area contributed by atoms with E-state index in [1.807, 2.05) is 24.3 Å². The molecule has 3 rings (SSSR count). The number of benzene rings is 2. The lowest BCUT2D eigenvalue weighted by Crippen LogP contribution is -2.54. The average molecular weight is 535 g/mol. The third-order valence-corrected chi connectivity index (χ3v) is 7.91. The van der Waals surface area contributed by atoms with E-state index in [1.165, 1.54) is 19.6 Å². The topological polar surface area (TPSA) is 152 Å². The van der Waals surface area contributed by atoms with Gasteiger partial charge in [0.25, 0.3) is 17.7 Å². The summed E-state index contributed by atoms with van der Waals surface area (Å²) < 4.78 is 25.2. The molecule has 3 amide bonds. The van der Waals surface area contributed by atoms with Gasteiger partial charge in [0, 0.05) is 39.3 Å². The molecule has 1 aliphatic rings. The summed E-state index contributed by atoms with van der Waals surface area (Å²) in [6.45, 7) is 2.80. The van der Waals surface area contributed by atoms with Crippen LogP contribution < -0.4 is 15.5 Å². The van der Waals surface area contributed by atoms with E-state index in [0.717, 1.165) is 34.7 Å². The van der Waals surface area contributed by atoms with Gasteiger partial charge in [-0.2, -0.15) is 10.6 Å².